The Bertz CT molecular complexity index is 2690. The van der Waals surface area contributed by atoms with Gasteiger partial charge in [0.25, 0.3) is 0 Å². The van der Waals surface area contributed by atoms with Crippen LogP contribution in [0.25, 0.3) is 0 Å². The van der Waals surface area contributed by atoms with E-state index in [1.807, 2.05) is 109 Å². The summed E-state index contributed by atoms with van der Waals surface area (Å²) in [5.41, 5.74) is 4.02. The second-order valence-electron chi connectivity index (χ2n) is 15.7. The molecule has 0 aromatic heterocycles. The zero-order valence-electron chi connectivity index (χ0n) is 29.6. The van der Waals surface area contributed by atoms with Gasteiger partial charge in [-0.25, -0.2) is 0 Å². The Morgan fingerprint density at radius 3 is 1.47 bits per heavy atom. The van der Waals surface area contributed by atoms with Crippen molar-refractivity contribution in [2.75, 3.05) is 0 Å². The van der Waals surface area contributed by atoms with Gasteiger partial charge in [0, 0.05) is 5.57 Å². The number of hydrogen-bond acceptors (Lipinski definition) is 4. The molecule has 6 aromatic carbocycles. The summed E-state index contributed by atoms with van der Waals surface area (Å²) in [6.45, 7) is 0. The zero-order valence-corrected chi connectivity index (χ0v) is 31.1. The molecular formula is C50H33BrO4. The summed E-state index contributed by atoms with van der Waals surface area (Å²) in [5, 5.41) is 0. The summed E-state index contributed by atoms with van der Waals surface area (Å²) in [4.78, 5) is 32.2. The van der Waals surface area contributed by atoms with E-state index < -0.39 is 44.5 Å². The van der Waals surface area contributed by atoms with Crippen molar-refractivity contribution in [3.63, 3.8) is 0 Å². The molecule has 264 valence electrons. The van der Waals surface area contributed by atoms with Crippen LogP contribution in [0.15, 0.2) is 193 Å². The molecule has 6 aromatic rings. The van der Waals surface area contributed by atoms with Crippen molar-refractivity contribution in [3.8, 4) is 0 Å². The molecule has 8 atom stereocenters. The lowest BCUT2D eigenvalue weighted by Gasteiger charge is -2.49. The van der Waals surface area contributed by atoms with Crippen LogP contribution in [0.4, 0.5) is 0 Å². The minimum atomic E-state index is -1.29. The van der Waals surface area contributed by atoms with Gasteiger partial charge in [-0.1, -0.05) is 198 Å². The molecular weight excluding hydrogens is 744 g/mol. The number of carbonyl (C=O) groups excluding carboxylic acids is 2. The average Bonchev–Trinajstić information content (AvgIpc) is 3.85. The van der Waals surface area contributed by atoms with Gasteiger partial charge in [-0.05, 0) is 50.1 Å². The monoisotopic (exact) mass is 776 g/mol. The van der Waals surface area contributed by atoms with E-state index in [0.29, 0.717) is 5.57 Å². The van der Waals surface area contributed by atoms with Gasteiger partial charge in [-0.3, -0.25) is 9.59 Å². The number of ketones is 2. The summed E-state index contributed by atoms with van der Waals surface area (Å²) in [6.07, 6.45) is 4.11. The molecule has 2 aliphatic carbocycles. The fourth-order valence-corrected chi connectivity index (χ4v) is 13.1. The van der Waals surface area contributed by atoms with Gasteiger partial charge in [0.1, 0.15) is 26.7 Å². The fourth-order valence-electron chi connectivity index (χ4n) is 11.7. The molecule has 0 spiro atoms. The molecule has 0 N–H and O–H groups in total. The van der Waals surface area contributed by atoms with Gasteiger partial charge in [-0.15, -0.1) is 0 Å². The third-order valence-electron chi connectivity index (χ3n) is 13.6. The summed E-state index contributed by atoms with van der Waals surface area (Å²) >= 11 is 4.47. The van der Waals surface area contributed by atoms with E-state index >= 15 is 9.59 Å². The SMILES string of the molecule is O=C1C2=C(C=C[C@H]3C(=O)[C@@H]2[C@@]2(c4ccccc4)O[C@]3(c3ccccc3)c3ccccc32)[C@]2(Br)[C@H]1[C@]1(c3ccccc3)O[C@@]2(c2ccccc2)c2ccccc21. The maximum Gasteiger partial charge on any atom is 0.168 e. The van der Waals surface area contributed by atoms with Crippen LogP contribution in [-0.4, -0.2) is 15.9 Å². The second kappa shape index (κ2) is 10.6. The van der Waals surface area contributed by atoms with Crippen LogP contribution in [0.3, 0.4) is 0 Å². The molecule has 6 aliphatic rings. The number of alkyl halides is 1. The molecule has 4 nitrogen and oxygen atoms in total. The number of ether oxygens (including phenoxy) is 2. The smallest absolute Gasteiger partial charge is 0.168 e. The van der Waals surface area contributed by atoms with Crippen LogP contribution >= 0.6 is 15.9 Å². The highest BCUT2D eigenvalue weighted by molar-refractivity contribution is 9.10. The lowest BCUT2D eigenvalue weighted by molar-refractivity contribution is -0.186. The van der Waals surface area contributed by atoms with Gasteiger partial charge in [0.2, 0.25) is 0 Å². The molecule has 5 heteroatoms. The van der Waals surface area contributed by atoms with Gasteiger partial charge in [-0.2, -0.15) is 0 Å². The Balaban J connectivity index is 1.22. The predicted octanol–water partition coefficient (Wildman–Crippen LogP) is 9.45. The van der Waals surface area contributed by atoms with Gasteiger partial charge in [0.15, 0.2) is 11.6 Å². The van der Waals surface area contributed by atoms with Crippen molar-refractivity contribution in [2.24, 2.45) is 17.8 Å². The molecule has 4 aliphatic heterocycles. The maximum atomic E-state index is 16.3. The van der Waals surface area contributed by atoms with Crippen LogP contribution in [0.5, 0.6) is 0 Å². The van der Waals surface area contributed by atoms with E-state index in [2.05, 4.69) is 88.7 Å². The van der Waals surface area contributed by atoms with Crippen molar-refractivity contribution in [1.29, 1.82) is 0 Å². The number of benzene rings is 6. The number of hydrogen-bond donors (Lipinski definition) is 0. The highest BCUT2D eigenvalue weighted by Crippen LogP contribution is 2.79. The summed E-state index contributed by atoms with van der Waals surface area (Å²) in [5.74, 6) is -2.52. The van der Waals surface area contributed by atoms with Crippen molar-refractivity contribution < 1.29 is 19.1 Å². The number of rotatable bonds is 4. The van der Waals surface area contributed by atoms with E-state index in [0.717, 1.165) is 50.1 Å². The van der Waals surface area contributed by atoms with Crippen molar-refractivity contribution in [2.45, 2.75) is 26.7 Å². The zero-order chi connectivity index (χ0) is 36.8. The molecule has 0 unspecified atom stereocenters. The van der Waals surface area contributed by atoms with Crippen LogP contribution < -0.4 is 0 Å². The maximum absolute atomic E-state index is 16.3. The molecule has 0 amide bonds. The highest BCUT2D eigenvalue weighted by atomic mass is 79.9. The first-order valence-corrected chi connectivity index (χ1v) is 19.8. The van der Waals surface area contributed by atoms with E-state index in [-0.39, 0.29) is 11.6 Å². The van der Waals surface area contributed by atoms with E-state index in [1.54, 1.807) is 0 Å². The van der Waals surface area contributed by atoms with E-state index in [1.165, 1.54) is 0 Å². The highest BCUT2D eigenvalue weighted by Gasteiger charge is 2.84. The third kappa shape index (κ3) is 3.37. The number of fused-ring (bicyclic) bond motifs is 19. The first-order chi connectivity index (χ1) is 27.0. The van der Waals surface area contributed by atoms with Crippen LogP contribution in [0.2, 0.25) is 0 Å². The topological polar surface area (TPSA) is 52.6 Å². The minimum Gasteiger partial charge on any atom is -0.347 e. The van der Waals surface area contributed by atoms with Crippen LogP contribution in [0, 0.1) is 17.8 Å². The average molecular weight is 778 g/mol. The number of Topliss-reactive ketones (excluding diaryl/α,β-unsaturated/α-hetero) is 2. The predicted molar refractivity (Wildman–Crippen MR) is 212 cm³/mol. The fraction of sp³-hybridized carbons (Fsp3) is 0.160. The van der Waals surface area contributed by atoms with Crippen molar-refractivity contribution in [3.05, 3.63) is 238 Å². The van der Waals surface area contributed by atoms with Crippen molar-refractivity contribution >= 4 is 27.5 Å². The molecule has 12 rings (SSSR count). The van der Waals surface area contributed by atoms with Crippen LogP contribution in [-0.2, 0) is 41.5 Å². The van der Waals surface area contributed by atoms with Gasteiger partial charge in [0.05, 0.1) is 17.8 Å². The molecule has 2 saturated heterocycles. The standard InChI is InChI=1S/C50H33BrO4/c51-49-39-29-30-40-43(52)42(47(32-19-7-2-8-20-32)36-26-14-13-25-35(36)46(40,54-47)31-17-5-1-6-18-31)41(39)44(53)45(49)48(33-21-9-3-10-22-33)37-27-15-16-28-38(37)50(49,55-48)34-23-11-4-12-24-34/h1-30,40,42,45H/t40-,42+,45+,46+,47-,48+,49-,50-/m0/s1. The van der Waals surface area contributed by atoms with Crippen molar-refractivity contribution in [1.82, 2.24) is 0 Å². The van der Waals surface area contributed by atoms with Gasteiger partial charge < -0.3 is 9.47 Å². The summed E-state index contributed by atoms with van der Waals surface area (Å²) < 4.78 is 14.4. The normalized spacial score (nSPS) is 34.2. The molecule has 0 saturated carbocycles. The first-order valence-electron chi connectivity index (χ1n) is 19.0. The lowest BCUT2D eigenvalue weighted by Crippen LogP contribution is -2.56. The minimum absolute atomic E-state index is 0.0193. The molecule has 55 heavy (non-hydrogen) atoms. The number of halogens is 1. The Morgan fingerprint density at radius 1 is 0.473 bits per heavy atom. The van der Waals surface area contributed by atoms with E-state index in [9.17, 15) is 0 Å². The Labute approximate surface area is 327 Å². The molecule has 6 bridgehead atoms. The lowest BCUT2D eigenvalue weighted by atomic mass is 9.59. The quantitative estimate of drug-likeness (QED) is 0.168. The first kappa shape index (κ1) is 31.8. The Kier molecular flexibility index (Phi) is 6.16. The Hall–Kier alpha value is -5.46. The summed E-state index contributed by atoms with van der Waals surface area (Å²) in [6, 6.07) is 57.3. The van der Waals surface area contributed by atoms with Gasteiger partial charge >= 0.3 is 0 Å². The molecule has 4 heterocycles. The van der Waals surface area contributed by atoms with E-state index in [4.69, 9.17) is 9.47 Å². The largest absolute Gasteiger partial charge is 0.347 e. The second-order valence-corrected chi connectivity index (χ2v) is 16.9. The Morgan fingerprint density at radius 2 is 0.909 bits per heavy atom. The number of allylic oxidation sites excluding steroid dienone is 1. The molecule has 0 radical (unpaired) electrons. The van der Waals surface area contributed by atoms with Crippen LogP contribution in [0.1, 0.15) is 44.5 Å². The number of carbonyl (C=O) groups is 2. The summed E-state index contributed by atoms with van der Waals surface area (Å²) in [7, 11) is 0. The molecule has 2 fully saturated rings. The third-order valence-corrected chi connectivity index (χ3v) is 15.0.